The second-order valence-electron chi connectivity index (χ2n) is 5.25. The van der Waals surface area contributed by atoms with Crippen LogP contribution < -0.4 is 5.43 Å². The topological polar surface area (TPSA) is 42.2 Å². The van der Waals surface area contributed by atoms with Crippen LogP contribution in [0.2, 0.25) is 0 Å². The first-order valence-corrected chi connectivity index (χ1v) is 6.49. The lowest BCUT2D eigenvalue weighted by Crippen LogP contribution is -2.08. The standard InChI is InChI=1S/C16H19NO2/c1-11(2)10-13-4-6-14(7-5-13)17-9-8-15(18)16(19)12(17)3/h4-9,11,19H,10H2,1-3H3. The highest BCUT2D eigenvalue weighted by atomic mass is 16.3. The monoisotopic (exact) mass is 257 g/mol. The second-order valence-corrected chi connectivity index (χ2v) is 5.25. The Morgan fingerprint density at radius 3 is 2.37 bits per heavy atom. The van der Waals surface area contributed by atoms with Crippen molar-refractivity contribution in [1.29, 1.82) is 0 Å². The second kappa shape index (κ2) is 5.31. The van der Waals surface area contributed by atoms with Crippen molar-refractivity contribution < 1.29 is 5.11 Å². The van der Waals surface area contributed by atoms with Crippen molar-refractivity contribution in [2.45, 2.75) is 27.2 Å². The molecule has 0 unspecified atom stereocenters. The Hall–Kier alpha value is -2.03. The van der Waals surface area contributed by atoms with E-state index in [0.717, 1.165) is 12.1 Å². The van der Waals surface area contributed by atoms with E-state index in [1.54, 1.807) is 13.1 Å². The molecule has 1 N–H and O–H groups in total. The lowest BCUT2D eigenvalue weighted by molar-refractivity contribution is 0.459. The molecule has 19 heavy (non-hydrogen) atoms. The van der Waals surface area contributed by atoms with Crippen LogP contribution in [-0.2, 0) is 6.42 Å². The van der Waals surface area contributed by atoms with E-state index in [4.69, 9.17) is 0 Å². The smallest absolute Gasteiger partial charge is 0.223 e. The van der Waals surface area contributed by atoms with E-state index in [9.17, 15) is 9.90 Å². The maximum atomic E-state index is 11.3. The minimum Gasteiger partial charge on any atom is -0.503 e. The molecule has 1 aromatic carbocycles. The van der Waals surface area contributed by atoms with Crippen molar-refractivity contribution in [2.75, 3.05) is 0 Å². The Kier molecular flexibility index (Phi) is 3.74. The third-order valence-electron chi connectivity index (χ3n) is 3.17. The zero-order valence-electron chi connectivity index (χ0n) is 11.6. The van der Waals surface area contributed by atoms with Gasteiger partial charge in [-0.3, -0.25) is 4.79 Å². The predicted octanol–water partition coefficient (Wildman–Crippen LogP) is 3.05. The van der Waals surface area contributed by atoms with Gasteiger partial charge in [-0.2, -0.15) is 0 Å². The Balaban J connectivity index is 2.38. The molecule has 1 heterocycles. The number of benzene rings is 1. The first kappa shape index (κ1) is 13.4. The summed E-state index contributed by atoms with van der Waals surface area (Å²) in [5, 5.41) is 9.69. The van der Waals surface area contributed by atoms with Crippen molar-refractivity contribution in [3.63, 3.8) is 0 Å². The summed E-state index contributed by atoms with van der Waals surface area (Å²) in [6.07, 6.45) is 2.74. The number of aromatic nitrogens is 1. The van der Waals surface area contributed by atoms with Crippen molar-refractivity contribution in [2.24, 2.45) is 5.92 Å². The lowest BCUT2D eigenvalue weighted by Gasteiger charge is -2.12. The summed E-state index contributed by atoms with van der Waals surface area (Å²) in [6.45, 7) is 6.12. The first-order valence-electron chi connectivity index (χ1n) is 6.49. The van der Waals surface area contributed by atoms with Crippen molar-refractivity contribution in [3.8, 4) is 11.4 Å². The van der Waals surface area contributed by atoms with E-state index in [1.807, 2.05) is 16.7 Å². The number of hydrogen-bond donors (Lipinski definition) is 1. The molecule has 1 aromatic heterocycles. The Morgan fingerprint density at radius 2 is 1.79 bits per heavy atom. The molecular weight excluding hydrogens is 238 g/mol. The van der Waals surface area contributed by atoms with E-state index in [0.29, 0.717) is 11.6 Å². The first-order chi connectivity index (χ1) is 8.99. The van der Waals surface area contributed by atoms with Crippen LogP contribution in [0.1, 0.15) is 25.1 Å². The summed E-state index contributed by atoms with van der Waals surface area (Å²) in [5.41, 5.74) is 2.45. The molecule has 0 fully saturated rings. The van der Waals surface area contributed by atoms with Gasteiger partial charge in [0.25, 0.3) is 0 Å². The van der Waals surface area contributed by atoms with Gasteiger partial charge in [-0.1, -0.05) is 26.0 Å². The summed E-state index contributed by atoms with van der Waals surface area (Å²) >= 11 is 0. The van der Waals surface area contributed by atoms with E-state index in [-0.39, 0.29) is 11.2 Å². The van der Waals surface area contributed by atoms with Crippen molar-refractivity contribution in [1.82, 2.24) is 4.57 Å². The summed E-state index contributed by atoms with van der Waals surface area (Å²) < 4.78 is 1.82. The number of aromatic hydroxyl groups is 1. The van der Waals surface area contributed by atoms with Gasteiger partial charge in [-0.05, 0) is 37.0 Å². The van der Waals surface area contributed by atoms with Gasteiger partial charge in [0.1, 0.15) is 0 Å². The van der Waals surface area contributed by atoms with Gasteiger partial charge in [0.05, 0.1) is 5.69 Å². The number of pyridine rings is 1. The molecule has 0 saturated heterocycles. The minimum atomic E-state index is -0.342. The summed E-state index contributed by atoms with van der Waals surface area (Å²) in [5.74, 6) is 0.442. The zero-order valence-corrected chi connectivity index (χ0v) is 11.6. The average Bonchev–Trinajstić information content (AvgIpc) is 2.37. The van der Waals surface area contributed by atoms with Crippen LogP contribution in [-0.4, -0.2) is 9.67 Å². The van der Waals surface area contributed by atoms with Gasteiger partial charge in [0.2, 0.25) is 5.43 Å². The van der Waals surface area contributed by atoms with E-state index >= 15 is 0 Å². The maximum Gasteiger partial charge on any atom is 0.223 e. The molecular formula is C16H19NO2. The molecule has 0 aliphatic rings. The molecule has 3 nitrogen and oxygen atoms in total. The lowest BCUT2D eigenvalue weighted by atomic mass is 10.0. The fraction of sp³-hybridized carbons (Fsp3) is 0.312. The van der Waals surface area contributed by atoms with Gasteiger partial charge < -0.3 is 9.67 Å². The van der Waals surface area contributed by atoms with E-state index in [2.05, 4.69) is 26.0 Å². The Labute approximate surface area is 113 Å². The molecule has 2 rings (SSSR count). The fourth-order valence-corrected chi connectivity index (χ4v) is 2.17. The van der Waals surface area contributed by atoms with Gasteiger partial charge in [-0.15, -0.1) is 0 Å². The summed E-state index contributed by atoms with van der Waals surface area (Å²) in [4.78, 5) is 11.3. The number of hydrogen-bond acceptors (Lipinski definition) is 2. The fourth-order valence-electron chi connectivity index (χ4n) is 2.17. The Bertz CT molecular complexity index is 624. The third-order valence-corrected chi connectivity index (χ3v) is 3.17. The summed E-state index contributed by atoms with van der Waals surface area (Å²) in [6, 6.07) is 9.57. The van der Waals surface area contributed by atoms with Crippen molar-refractivity contribution >= 4 is 0 Å². The molecule has 100 valence electrons. The molecule has 3 heteroatoms. The molecule has 0 aliphatic heterocycles. The van der Waals surface area contributed by atoms with Crippen LogP contribution in [0.4, 0.5) is 0 Å². The van der Waals surface area contributed by atoms with Gasteiger partial charge >= 0.3 is 0 Å². The van der Waals surface area contributed by atoms with Gasteiger partial charge in [-0.25, -0.2) is 0 Å². The minimum absolute atomic E-state index is 0.186. The molecule has 0 atom stereocenters. The van der Waals surface area contributed by atoms with Gasteiger partial charge in [0.15, 0.2) is 5.75 Å². The normalized spacial score (nSPS) is 10.9. The third kappa shape index (κ3) is 2.87. The molecule has 2 aromatic rings. The number of nitrogens with zero attached hydrogens (tertiary/aromatic N) is 1. The summed E-state index contributed by atoms with van der Waals surface area (Å²) in [7, 11) is 0. The quantitative estimate of drug-likeness (QED) is 0.918. The van der Waals surface area contributed by atoms with Crippen LogP contribution in [0.3, 0.4) is 0 Å². The molecule has 0 saturated carbocycles. The van der Waals surface area contributed by atoms with Gasteiger partial charge in [0, 0.05) is 18.0 Å². The van der Waals surface area contributed by atoms with E-state index in [1.165, 1.54) is 11.6 Å². The highest BCUT2D eigenvalue weighted by Gasteiger charge is 2.06. The van der Waals surface area contributed by atoms with E-state index < -0.39 is 0 Å². The van der Waals surface area contributed by atoms with Crippen LogP contribution >= 0.6 is 0 Å². The SMILES string of the molecule is Cc1c(O)c(=O)ccn1-c1ccc(CC(C)C)cc1. The Morgan fingerprint density at radius 1 is 1.16 bits per heavy atom. The largest absolute Gasteiger partial charge is 0.503 e. The highest BCUT2D eigenvalue weighted by Crippen LogP contribution is 2.17. The number of rotatable bonds is 3. The zero-order chi connectivity index (χ0) is 14.0. The molecule has 0 radical (unpaired) electrons. The van der Waals surface area contributed by atoms with Crippen LogP contribution in [0.25, 0.3) is 5.69 Å². The van der Waals surface area contributed by atoms with Crippen LogP contribution in [0, 0.1) is 12.8 Å². The molecule has 0 spiro atoms. The average molecular weight is 257 g/mol. The predicted molar refractivity (Wildman–Crippen MR) is 77.0 cm³/mol. The van der Waals surface area contributed by atoms with Crippen molar-refractivity contribution in [3.05, 3.63) is 58.0 Å². The van der Waals surface area contributed by atoms with Crippen LogP contribution in [0.5, 0.6) is 5.75 Å². The molecule has 0 bridgehead atoms. The molecule has 0 aliphatic carbocycles. The highest BCUT2D eigenvalue weighted by molar-refractivity contribution is 5.40. The van der Waals surface area contributed by atoms with Crippen LogP contribution in [0.15, 0.2) is 41.3 Å². The maximum absolute atomic E-state index is 11.3. The molecule has 0 amide bonds.